The first kappa shape index (κ1) is 8.09. The first-order valence-electron chi connectivity index (χ1n) is 5.06. The summed E-state index contributed by atoms with van der Waals surface area (Å²) < 4.78 is 5.26. The van der Waals surface area contributed by atoms with Crippen molar-refractivity contribution < 1.29 is 9.53 Å². The Bertz CT molecular complexity index is 171. The van der Waals surface area contributed by atoms with Gasteiger partial charge in [-0.25, -0.2) is 0 Å². The molecule has 2 nitrogen and oxygen atoms in total. The highest BCUT2D eigenvalue weighted by molar-refractivity contribution is 5.71. The summed E-state index contributed by atoms with van der Waals surface area (Å²) in [5.74, 6) is 0.704. The van der Waals surface area contributed by atoms with E-state index in [1.807, 2.05) is 0 Å². The smallest absolute Gasteiger partial charge is 0.306 e. The number of carbonyl (C=O) groups is 1. The second-order valence-corrected chi connectivity index (χ2v) is 3.97. The highest BCUT2D eigenvalue weighted by Crippen LogP contribution is 2.32. The van der Waals surface area contributed by atoms with Crippen LogP contribution in [0.15, 0.2) is 0 Å². The van der Waals surface area contributed by atoms with E-state index in [0.717, 1.165) is 6.42 Å². The second-order valence-electron chi connectivity index (χ2n) is 3.97. The molecule has 1 atom stereocenters. The van der Waals surface area contributed by atoms with Gasteiger partial charge in [-0.1, -0.05) is 19.3 Å². The minimum absolute atomic E-state index is 0.0190. The molecule has 2 heteroatoms. The van der Waals surface area contributed by atoms with E-state index in [1.165, 1.54) is 32.1 Å². The van der Waals surface area contributed by atoms with E-state index in [0.29, 0.717) is 12.3 Å². The maximum Gasteiger partial charge on any atom is 0.306 e. The van der Waals surface area contributed by atoms with Gasteiger partial charge in [-0.2, -0.15) is 0 Å². The number of esters is 1. The van der Waals surface area contributed by atoms with Gasteiger partial charge < -0.3 is 4.74 Å². The largest absolute Gasteiger partial charge is 0.462 e. The van der Waals surface area contributed by atoms with Gasteiger partial charge in [0, 0.05) is 6.42 Å². The second kappa shape index (κ2) is 3.46. The Morgan fingerprint density at radius 3 is 2.42 bits per heavy atom. The lowest BCUT2D eigenvalue weighted by atomic mass is 9.84. The van der Waals surface area contributed by atoms with Crippen LogP contribution in [0.2, 0.25) is 0 Å². The normalized spacial score (nSPS) is 32.0. The zero-order chi connectivity index (χ0) is 8.39. The maximum absolute atomic E-state index is 10.9. The van der Waals surface area contributed by atoms with Gasteiger partial charge in [-0.15, -0.1) is 0 Å². The van der Waals surface area contributed by atoms with Crippen LogP contribution in [0.1, 0.15) is 44.9 Å². The first-order chi connectivity index (χ1) is 5.86. The van der Waals surface area contributed by atoms with Crippen LogP contribution < -0.4 is 0 Å². The molecule has 1 saturated heterocycles. The van der Waals surface area contributed by atoms with Crippen LogP contribution in [0.4, 0.5) is 0 Å². The van der Waals surface area contributed by atoms with E-state index >= 15 is 0 Å². The van der Waals surface area contributed by atoms with E-state index in [4.69, 9.17) is 4.74 Å². The summed E-state index contributed by atoms with van der Waals surface area (Å²) in [5, 5.41) is 0. The zero-order valence-electron chi connectivity index (χ0n) is 7.42. The minimum atomic E-state index is 0.0190. The molecule has 2 aliphatic rings. The summed E-state index contributed by atoms with van der Waals surface area (Å²) in [5.41, 5.74) is 0. The van der Waals surface area contributed by atoms with Gasteiger partial charge in [-0.05, 0) is 25.2 Å². The topological polar surface area (TPSA) is 26.3 Å². The fraction of sp³-hybridized carbons (Fsp3) is 0.900. The molecule has 2 fully saturated rings. The molecule has 12 heavy (non-hydrogen) atoms. The maximum atomic E-state index is 10.9. The van der Waals surface area contributed by atoms with Crippen molar-refractivity contribution in [3.05, 3.63) is 0 Å². The van der Waals surface area contributed by atoms with Crippen molar-refractivity contribution in [2.75, 3.05) is 0 Å². The lowest BCUT2D eigenvalue weighted by Gasteiger charge is -2.25. The Morgan fingerprint density at radius 1 is 1.08 bits per heavy atom. The number of hydrogen-bond acceptors (Lipinski definition) is 2. The van der Waals surface area contributed by atoms with Crippen LogP contribution in [0.3, 0.4) is 0 Å². The third-order valence-electron chi connectivity index (χ3n) is 3.09. The molecule has 68 valence electrons. The molecular formula is C10H16O2. The summed E-state index contributed by atoms with van der Waals surface area (Å²) in [6, 6.07) is 0. The van der Waals surface area contributed by atoms with E-state index in [1.54, 1.807) is 0 Å². The predicted molar refractivity (Wildman–Crippen MR) is 45.7 cm³/mol. The Balaban J connectivity index is 1.86. The molecule has 0 bridgehead atoms. The highest BCUT2D eigenvalue weighted by Gasteiger charge is 2.31. The average molecular weight is 168 g/mol. The van der Waals surface area contributed by atoms with Crippen LogP contribution in [-0.4, -0.2) is 12.1 Å². The van der Waals surface area contributed by atoms with Crippen molar-refractivity contribution in [2.45, 2.75) is 51.0 Å². The Hall–Kier alpha value is -0.530. The summed E-state index contributed by atoms with van der Waals surface area (Å²) in [7, 11) is 0. The molecule has 0 amide bonds. The van der Waals surface area contributed by atoms with Gasteiger partial charge in [0.1, 0.15) is 6.10 Å². The fourth-order valence-electron chi connectivity index (χ4n) is 2.38. The molecule has 0 aromatic heterocycles. The minimum Gasteiger partial charge on any atom is -0.462 e. The monoisotopic (exact) mass is 168 g/mol. The van der Waals surface area contributed by atoms with Crippen molar-refractivity contribution in [3.63, 3.8) is 0 Å². The Labute approximate surface area is 73.3 Å². The van der Waals surface area contributed by atoms with Crippen molar-refractivity contribution in [2.24, 2.45) is 5.92 Å². The van der Waals surface area contributed by atoms with Crippen molar-refractivity contribution in [1.29, 1.82) is 0 Å². The van der Waals surface area contributed by atoms with Gasteiger partial charge >= 0.3 is 5.97 Å². The van der Waals surface area contributed by atoms with E-state index in [9.17, 15) is 4.79 Å². The number of carbonyl (C=O) groups excluding carboxylic acids is 1. The predicted octanol–water partition coefficient (Wildman–Crippen LogP) is 2.27. The van der Waals surface area contributed by atoms with Gasteiger partial charge in [-0.3, -0.25) is 4.79 Å². The number of rotatable bonds is 1. The van der Waals surface area contributed by atoms with Gasteiger partial charge in [0.15, 0.2) is 0 Å². The van der Waals surface area contributed by atoms with E-state index < -0.39 is 0 Å². The molecule has 0 aromatic carbocycles. The summed E-state index contributed by atoms with van der Waals surface area (Å²) >= 11 is 0. The SMILES string of the molecule is O=C1CCC(C2CCCCC2)O1. The number of hydrogen-bond donors (Lipinski definition) is 0. The molecule has 1 heterocycles. The van der Waals surface area contributed by atoms with Crippen molar-refractivity contribution >= 4 is 5.97 Å². The molecule has 1 unspecified atom stereocenters. The summed E-state index contributed by atoms with van der Waals surface area (Å²) in [4.78, 5) is 10.9. The quantitative estimate of drug-likeness (QED) is 0.561. The third kappa shape index (κ3) is 1.62. The molecule has 1 aliphatic heterocycles. The molecule has 0 radical (unpaired) electrons. The molecule has 1 aliphatic carbocycles. The van der Waals surface area contributed by atoms with Crippen molar-refractivity contribution in [3.8, 4) is 0 Å². The third-order valence-corrected chi connectivity index (χ3v) is 3.09. The number of ether oxygens (including phenoxy) is 1. The van der Waals surface area contributed by atoms with E-state index in [-0.39, 0.29) is 12.1 Å². The molecule has 2 rings (SSSR count). The van der Waals surface area contributed by atoms with Crippen LogP contribution in [0, 0.1) is 5.92 Å². The molecular weight excluding hydrogens is 152 g/mol. The van der Waals surface area contributed by atoms with Crippen LogP contribution in [-0.2, 0) is 9.53 Å². The van der Waals surface area contributed by atoms with Crippen LogP contribution in [0.25, 0.3) is 0 Å². The summed E-state index contributed by atoms with van der Waals surface area (Å²) in [6.07, 6.45) is 8.49. The lowest BCUT2D eigenvalue weighted by Crippen LogP contribution is -2.22. The Morgan fingerprint density at radius 2 is 1.83 bits per heavy atom. The van der Waals surface area contributed by atoms with Crippen LogP contribution in [0.5, 0.6) is 0 Å². The number of cyclic esters (lactones) is 1. The average Bonchev–Trinajstić information content (AvgIpc) is 2.54. The molecule has 0 N–H and O–H groups in total. The van der Waals surface area contributed by atoms with E-state index in [2.05, 4.69) is 0 Å². The molecule has 0 spiro atoms. The van der Waals surface area contributed by atoms with Gasteiger partial charge in [0.2, 0.25) is 0 Å². The highest BCUT2D eigenvalue weighted by atomic mass is 16.5. The van der Waals surface area contributed by atoms with Crippen molar-refractivity contribution in [1.82, 2.24) is 0 Å². The first-order valence-corrected chi connectivity index (χ1v) is 5.06. The molecule has 0 aromatic rings. The standard InChI is InChI=1S/C10H16O2/c11-10-7-6-9(12-10)8-4-2-1-3-5-8/h8-9H,1-7H2. The zero-order valence-corrected chi connectivity index (χ0v) is 7.42. The fourth-order valence-corrected chi connectivity index (χ4v) is 2.38. The van der Waals surface area contributed by atoms with Gasteiger partial charge in [0.05, 0.1) is 0 Å². The lowest BCUT2D eigenvalue weighted by molar-refractivity contribution is -0.143. The van der Waals surface area contributed by atoms with Crippen LogP contribution >= 0.6 is 0 Å². The summed E-state index contributed by atoms with van der Waals surface area (Å²) in [6.45, 7) is 0. The van der Waals surface area contributed by atoms with Gasteiger partial charge in [0.25, 0.3) is 0 Å². The Kier molecular flexibility index (Phi) is 2.33. The molecule has 1 saturated carbocycles.